The van der Waals surface area contributed by atoms with E-state index in [-0.39, 0.29) is 6.61 Å². The summed E-state index contributed by atoms with van der Waals surface area (Å²) in [5.41, 5.74) is 0. The molecule has 0 aromatic carbocycles. The van der Waals surface area contributed by atoms with Crippen LogP contribution >= 0.6 is 0 Å². The Hall–Kier alpha value is -1.70. The van der Waals surface area contributed by atoms with E-state index in [1.807, 2.05) is 0 Å². The van der Waals surface area contributed by atoms with Gasteiger partial charge in [-0.3, -0.25) is 9.59 Å². The summed E-state index contributed by atoms with van der Waals surface area (Å²) in [5, 5.41) is 88.3. The molecule has 4 aliphatic rings. The molecule has 0 saturated carbocycles. The molecule has 0 aromatic rings. The SMILES string of the molecule is CC(=O)N[C@@H]1[C@@H](O)[C@@H](O[C@@H]2[C@@H](O)[C@H](C)O[C@@H](OC3COC(CO)OC3CO)[C@@H]2O)O[C@H](C)[C@H]1O[C@H]1O[C@H](CO)[C@H](O)[C@H](O)[C@H]1NC(C)=O. The number of rotatable bonds is 11. The second-order valence-electron chi connectivity index (χ2n) is 12.2. The van der Waals surface area contributed by atoms with Gasteiger partial charge in [0.05, 0.1) is 44.7 Å². The first-order valence-electron chi connectivity index (χ1n) is 15.7. The van der Waals surface area contributed by atoms with E-state index in [9.17, 15) is 50.4 Å². The van der Waals surface area contributed by atoms with E-state index in [1.165, 1.54) is 20.8 Å². The van der Waals surface area contributed by atoms with E-state index in [1.54, 1.807) is 0 Å². The van der Waals surface area contributed by atoms with E-state index in [4.69, 9.17) is 37.9 Å². The van der Waals surface area contributed by atoms with Crippen LogP contribution < -0.4 is 10.6 Å². The molecule has 10 N–H and O–H groups in total. The van der Waals surface area contributed by atoms with Crippen molar-refractivity contribution in [2.75, 3.05) is 26.4 Å². The fraction of sp³-hybridized carbons (Fsp3) is 0.929. The third-order valence-corrected chi connectivity index (χ3v) is 8.62. The molecule has 4 fully saturated rings. The number of hydrogen-bond acceptors (Lipinski definition) is 18. The molecule has 4 rings (SSSR count). The zero-order valence-corrected chi connectivity index (χ0v) is 26.9. The first-order chi connectivity index (χ1) is 22.7. The maximum Gasteiger partial charge on any atom is 0.217 e. The van der Waals surface area contributed by atoms with Crippen LogP contribution in [0, 0.1) is 0 Å². The van der Waals surface area contributed by atoms with Crippen LogP contribution in [-0.4, -0.2) is 190 Å². The predicted molar refractivity (Wildman–Crippen MR) is 153 cm³/mol. The largest absolute Gasteiger partial charge is 0.394 e. The molecule has 3 unspecified atom stereocenters. The Balaban J connectivity index is 1.51. The average Bonchev–Trinajstić information content (AvgIpc) is 3.04. The molecule has 48 heavy (non-hydrogen) atoms. The molecular weight excluding hydrogens is 652 g/mol. The van der Waals surface area contributed by atoms with Crippen LogP contribution in [0.25, 0.3) is 0 Å². The lowest BCUT2D eigenvalue weighted by atomic mass is 9.94. The summed E-state index contributed by atoms with van der Waals surface area (Å²) in [7, 11) is 0. The Morgan fingerprint density at radius 3 is 1.81 bits per heavy atom. The van der Waals surface area contributed by atoms with Gasteiger partial charge in [-0.15, -0.1) is 0 Å². The fourth-order valence-corrected chi connectivity index (χ4v) is 6.09. The summed E-state index contributed by atoms with van der Waals surface area (Å²) >= 11 is 0. The summed E-state index contributed by atoms with van der Waals surface area (Å²) in [4.78, 5) is 24.1. The van der Waals surface area contributed by atoms with Crippen molar-refractivity contribution in [3.05, 3.63) is 0 Å². The van der Waals surface area contributed by atoms with Crippen molar-refractivity contribution in [1.29, 1.82) is 0 Å². The monoisotopic (exact) mass is 700 g/mol. The molecule has 18 atom stereocenters. The number of ether oxygens (including phenoxy) is 8. The number of carbonyl (C=O) groups excluding carboxylic acids is 2. The van der Waals surface area contributed by atoms with Gasteiger partial charge in [0, 0.05) is 13.8 Å². The Morgan fingerprint density at radius 2 is 1.21 bits per heavy atom. The predicted octanol–water partition coefficient (Wildman–Crippen LogP) is -6.11. The maximum absolute atomic E-state index is 12.3. The first-order valence-corrected chi connectivity index (χ1v) is 15.7. The van der Waals surface area contributed by atoms with Crippen LogP contribution in [0.1, 0.15) is 27.7 Å². The first kappa shape index (κ1) is 39.1. The van der Waals surface area contributed by atoms with Crippen LogP contribution in [0.4, 0.5) is 0 Å². The molecule has 20 nitrogen and oxygen atoms in total. The van der Waals surface area contributed by atoms with Gasteiger partial charge in [-0.2, -0.15) is 0 Å². The van der Waals surface area contributed by atoms with Gasteiger partial charge in [0.1, 0.15) is 67.1 Å². The molecule has 0 aromatic heterocycles. The van der Waals surface area contributed by atoms with Crippen LogP contribution in [-0.2, 0) is 47.5 Å². The third-order valence-electron chi connectivity index (χ3n) is 8.62. The molecule has 4 heterocycles. The number of carbonyl (C=O) groups is 2. The highest BCUT2D eigenvalue weighted by atomic mass is 16.8. The Bertz CT molecular complexity index is 1060. The van der Waals surface area contributed by atoms with Gasteiger partial charge >= 0.3 is 0 Å². The van der Waals surface area contributed by atoms with Crippen LogP contribution in [0.2, 0.25) is 0 Å². The summed E-state index contributed by atoms with van der Waals surface area (Å²) < 4.78 is 45.8. The number of nitrogens with one attached hydrogen (secondary N) is 2. The second kappa shape index (κ2) is 17.0. The minimum absolute atomic E-state index is 0.129. The molecule has 0 bridgehead atoms. The van der Waals surface area contributed by atoms with Crippen LogP contribution in [0.3, 0.4) is 0 Å². The second-order valence-corrected chi connectivity index (χ2v) is 12.2. The molecule has 4 aliphatic heterocycles. The highest BCUT2D eigenvalue weighted by molar-refractivity contribution is 5.73. The van der Waals surface area contributed by atoms with Gasteiger partial charge in [-0.1, -0.05) is 0 Å². The van der Waals surface area contributed by atoms with E-state index >= 15 is 0 Å². The van der Waals surface area contributed by atoms with Crippen molar-refractivity contribution in [3.8, 4) is 0 Å². The highest BCUT2D eigenvalue weighted by Gasteiger charge is 2.54. The summed E-state index contributed by atoms with van der Waals surface area (Å²) in [5.74, 6) is -1.19. The van der Waals surface area contributed by atoms with Crippen molar-refractivity contribution < 1.29 is 88.3 Å². The van der Waals surface area contributed by atoms with Crippen molar-refractivity contribution in [2.24, 2.45) is 0 Å². The van der Waals surface area contributed by atoms with Gasteiger partial charge in [-0.25, -0.2) is 0 Å². The minimum atomic E-state index is -1.71. The van der Waals surface area contributed by atoms with Gasteiger partial charge in [0.2, 0.25) is 11.8 Å². The van der Waals surface area contributed by atoms with Crippen molar-refractivity contribution in [1.82, 2.24) is 10.6 Å². The average molecular weight is 701 g/mol. The molecule has 0 aliphatic carbocycles. The summed E-state index contributed by atoms with van der Waals surface area (Å²) in [6.07, 6.45) is -21.6. The normalized spacial score (nSPS) is 46.9. The van der Waals surface area contributed by atoms with Crippen molar-refractivity contribution in [3.63, 3.8) is 0 Å². The maximum atomic E-state index is 12.3. The van der Waals surface area contributed by atoms with Crippen molar-refractivity contribution >= 4 is 11.8 Å². The van der Waals surface area contributed by atoms with Crippen LogP contribution in [0.15, 0.2) is 0 Å². The molecule has 278 valence electrons. The number of aliphatic hydroxyl groups excluding tert-OH is 8. The molecular formula is C28H48N2O18. The highest BCUT2D eigenvalue weighted by Crippen LogP contribution is 2.33. The Morgan fingerprint density at radius 1 is 0.625 bits per heavy atom. The molecule has 0 spiro atoms. The molecule has 20 heteroatoms. The molecule has 2 amide bonds. The smallest absolute Gasteiger partial charge is 0.217 e. The fourth-order valence-electron chi connectivity index (χ4n) is 6.09. The molecule has 0 radical (unpaired) electrons. The van der Waals surface area contributed by atoms with Crippen molar-refractivity contribution in [2.45, 2.75) is 138 Å². The third kappa shape index (κ3) is 8.77. The van der Waals surface area contributed by atoms with E-state index in [0.717, 1.165) is 6.92 Å². The summed E-state index contributed by atoms with van der Waals surface area (Å²) in [6, 6.07) is -2.63. The topological polar surface area (TPSA) is 294 Å². The molecule has 4 saturated heterocycles. The summed E-state index contributed by atoms with van der Waals surface area (Å²) in [6.45, 7) is 3.51. The zero-order chi connectivity index (χ0) is 35.4. The van der Waals surface area contributed by atoms with Gasteiger partial charge < -0.3 is 89.4 Å². The number of aliphatic hydroxyl groups is 8. The number of hydrogen-bond donors (Lipinski definition) is 10. The van der Waals surface area contributed by atoms with Gasteiger partial charge in [0.25, 0.3) is 0 Å². The lowest BCUT2D eigenvalue weighted by Gasteiger charge is -2.49. The van der Waals surface area contributed by atoms with Crippen LogP contribution in [0.5, 0.6) is 0 Å². The standard InChI is InChI=1S/C28H48N2O18/c1-9-19(36)25(23(40)28(42-9)46-15-8-41-16(7-33)44-13(15)5-31)48-27-22(39)17(29-11(3)34)24(10(2)43-27)47-26-18(30-12(4)35)21(38)20(37)14(6-32)45-26/h9-10,13-28,31-33,36-40H,5-8H2,1-4H3,(H,29,34)(H,30,35)/t9-,10+,13?,14+,15?,16?,17+,18+,19-,20-,21+,22+,23+,24+,25+,26+,27+,28-/m0/s1. The Kier molecular flexibility index (Phi) is 13.9. The number of amides is 2. The quantitative estimate of drug-likeness (QED) is 0.0959. The lowest BCUT2D eigenvalue weighted by molar-refractivity contribution is -0.372. The van der Waals surface area contributed by atoms with Gasteiger partial charge in [0.15, 0.2) is 25.2 Å². The van der Waals surface area contributed by atoms with E-state index in [2.05, 4.69) is 10.6 Å². The van der Waals surface area contributed by atoms with E-state index in [0.29, 0.717) is 0 Å². The Labute approximate surface area is 275 Å². The zero-order valence-electron chi connectivity index (χ0n) is 26.9. The minimum Gasteiger partial charge on any atom is -0.394 e. The van der Waals surface area contributed by atoms with Gasteiger partial charge in [-0.05, 0) is 13.8 Å². The lowest BCUT2D eigenvalue weighted by Crippen LogP contribution is -2.70. The van der Waals surface area contributed by atoms with E-state index < -0.39 is 142 Å².